The van der Waals surface area contributed by atoms with Crippen LogP contribution in [0.25, 0.3) is 10.6 Å². The molecule has 10 nitrogen and oxygen atoms in total. The minimum absolute atomic E-state index is 0.0467. The van der Waals surface area contributed by atoms with Crippen LogP contribution in [0.3, 0.4) is 0 Å². The van der Waals surface area contributed by atoms with Gasteiger partial charge in [0.1, 0.15) is 5.01 Å². The van der Waals surface area contributed by atoms with Crippen LogP contribution in [-0.2, 0) is 14.3 Å². The third-order valence-corrected chi connectivity index (χ3v) is 6.84. The third kappa shape index (κ3) is 5.41. The van der Waals surface area contributed by atoms with Gasteiger partial charge in [-0.05, 0) is 36.2 Å². The molecule has 2 fully saturated rings. The summed E-state index contributed by atoms with van der Waals surface area (Å²) in [6, 6.07) is 9.33. The van der Waals surface area contributed by atoms with Gasteiger partial charge in [-0.3, -0.25) is 19.9 Å². The Morgan fingerprint density at radius 3 is 2.86 bits per heavy atom. The number of pyridine rings is 1. The van der Waals surface area contributed by atoms with E-state index in [-0.39, 0.29) is 30.6 Å². The number of hydrogen-bond acceptors (Lipinski definition) is 9. The predicted octanol–water partition coefficient (Wildman–Crippen LogP) is 3.08. The molecule has 0 radical (unpaired) electrons. The van der Waals surface area contributed by atoms with Crippen LogP contribution in [0, 0.1) is 0 Å². The highest BCUT2D eigenvalue weighted by atomic mass is 32.1. The highest BCUT2D eigenvalue weighted by Gasteiger charge is 2.32. The zero-order valence-electron chi connectivity index (χ0n) is 19.2. The van der Waals surface area contributed by atoms with Crippen LogP contribution in [0.4, 0.5) is 5.13 Å². The third-order valence-electron chi connectivity index (χ3n) is 5.95. The Labute approximate surface area is 206 Å². The second-order valence-electron chi connectivity index (χ2n) is 8.34. The van der Waals surface area contributed by atoms with E-state index in [1.807, 2.05) is 30.3 Å². The van der Waals surface area contributed by atoms with Gasteiger partial charge in [-0.2, -0.15) is 0 Å². The quantitative estimate of drug-likeness (QED) is 0.507. The number of aromatic nitrogens is 3. The maximum absolute atomic E-state index is 12.7. The van der Waals surface area contributed by atoms with E-state index in [0.29, 0.717) is 41.2 Å². The minimum atomic E-state index is -0.312. The van der Waals surface area contributed by atoms with Gasteiger partial charge in [0.25, 0.3) is 0 Å². The Balaban J connectivity index is 1.20. The zero-order valence-corrected chi connectivity index (χ0v) is 20.0. The molecule has 2 aromatic heterocycles. The Kier molecular flexibility index (Phi) is 6.87. The molecule has 3 aromatic rings. The van der Waals surface area contributed by atoms with Crippen molar-refractivity contribution in [2.75, 3.05) is 32.1 Å². The van der Waals surface area contributed by atoms with Gasteiger partial charge < -0.3 is 19.1 Å². The Morgan fingerprint density at radius 2 is 2.09 bits per heavy atom. The number of benzene rings is 1. The van der Waals surface area contributed by atoms with Crippen molar-refractivity contribution in [3.63, 3.8) is 0 Å². The fraction of sp³-hybridized carbons (Fsp3) is 0.375. The average molecular weight is 496 g/mol. The summed E-state index contributed by atoms with van der Waals surface area (Å²) in [4.78, 5) is 30.8. The monoisotopic (exact) mass is 495 g/mol. The summed E-state index contributed by atoms with van der Waals surface area (Å²) < 4.78 is 17.0. The molecule has 0 saturated carbocycles. The largest absolute Gasteiger partial charge is 0.493 e. The normalized spacial score (nSPS) is 19.7. The summed E-state index contributed by atoms with van der Waals surface area (Å²) in [7, 11) is 1.59. The summed E-state index contributed by atoms with van der Waals surface area (Å²) in [6.45, 7) is 1.08. The van der Waals surface area contributed by atoms with Crippen molar-refractivity contribution < 1.29 is 23.8 Å². The number of carbonyl (C=O) groups excluding carboxylic acids is 2. The molecule has 2 aliphatic rings. The number of anilines is 1. The Bertz CT molecular complexity index is 1200. The average Bonchev–Trinajstić information content (AvgIpc) is 3.62. The lowest BCUT2D eigenvalue weighted by atomic mass is 9.98. The molecule has 0 aliphatic carbocycles. The van der Waals surface area contributed by atoms with Crippen LogP contribution in [0.2, 0.25) is 0 Å². The lowest BCUT2D eigenvalue weighted by Gasteiger charge is -2.19. The van der Waals surface area contributed by atoms with E-state index < -0.39 is 0 Å². The summed E-state index contributed by atoms with van der Waals surface area (Å²) in [5.41, 5.74) is 1.83. The van der Waals surface area contributed by atoms with Gasteiger partial charge in [0.05, 0.1) is 20.3 Å². The van der Waals surface area contributed by atoms with Crippen molar-refractivity contribution in [3.05, 3.63) is 48.3 Å². The maximum atomic E-state index is 12.7. The molecular weight excluding hydrogens is 470 g/mol. The number of hydrogen-bond donors (Lipinski definition) is 1. The van der Waals surface area contributed by atoms with Gasteiger partial charge in [-0.1, -0.05) is 17.4 Å². The predicted molar refractivity (Wildman–Crippen MR) is 128 cm³/mol. The molecule has 35 heavy (non-hydrogen) atoms. The Morgan fingerprint density at radius 1 is 1.23 bits per heavy atom. The van der Waals surface area contributed by atoms with E-state index in [9.17, 15) is 9.59 Å². The van der Waals surface area contributed by atoms with Gasteiger partial charge in [-0.15, -0.1) is 10.2 Å². The summed E-state index contributed by atoms with van der Waals surface area (Å²) >= 11 is 1.27. The lowest BCUT2D eigenvalue weighted by Crippen LogP contribution is -2.34. The number of nitrogens with zero attached hydrogens (tertiary/aromatic N) is 4. The van der Waals surface area contributed by atoms with E-state index in [2.05, 4.69) is 20.5 Å². The van der Waals surface area contributed by atoms with Crippen molar-refractivity contribution in [1.82, 2.24) is 20.1 Å². The van der Waals surface area contributed by atoms with Gasteiger partial charge in [0.2, 0.25) is 16.9 Å². The highest BCUT2D eigenvalue weighted by molar-refractivity contribution is 7.18. The number of ether oxygens (including phenoxy) is 3. The fourth-order valence-electron chi connectivity index (χ4n) is 4.19. The first-order valence-electron chi connectivity index (χ1n) is 11.4. The molecule has 0 spiro atoms. The van der Waals surface area contributed by atoms with Gasteiger partial charge in [0, 0.05) is 43.3 Å². The van der Waals surface area contributed by atoms with E-state index in [1.54, 1.807) is 24.4 Å². The van der Waals surface area contributed by atoms with Crippen LogP contribution >= 0.6 is 11.3 Å². The number of methoxy groups -OCH3 is 1. The minimum Gasteiger partial charge on any atom is -0.493 e. The van der Waals surface area contributed by atoms with Crippen LogP contribution in [-0.4, -0.2) is 65.0 Å². The topological polar surface area (TPSA) is 116 Å². The molecule has 2 saturated heterocycles. The second kappa shape index (κ2) is 10.4. The van der Waals surface area contributed by atoms with E-state index >= 15 is 0 Å². The van der Waals surface area contributed by atoms with Crippen molar-refractivity contribution in [2.24, 2.45) is 0 Å². The van der Waals surface area contributed by atoms with Crippen molar-refractivity contribution in [2.45, 2.75) is 31.5 Å². The molecule has 2 aliphatic heterocycles. The molecule has 2 atom stereocenters. The summed E-state index contributed by atoms with van der Waals surface area (Å²) in [6.07, 6.45) is 5.17. The maximum Gasteiger partial charge on any atom is 0.245 e. The first-order valence-corrected chi connectivity index (χ1v) is 12.2. The van der Waals surface area contributed by atoms with Gasteiger partial charge in [0.15, 0.2) is 17.8 Å². The van der Waals surface area contributed by atoms with Gasteiger partial charge >= 0.3 is 0 Å². The Hall–Kier alpha value is -3.57. The second-order valence-corrected chi connectivity index (χ2v) is 9.32. The highest BCUT2D eigenvalue weighted by Crippen LogP contribution is 2.36. The van der Waals surface area contributed by atoms with Crippen molar-refractivity contribution >= 4 is 28.3 Å². The SMILES string of the molecule is COc1ccc(C2CC(=O)N(CC(=O)Nc3nnc(-c4ccncc4)s3)C2)cc1OC1CCCO1. The molecule has 182 valence electrons. The molecule has 1 N–H and O–H groups in total. The van der Waals surface area contributed by atoms with Crippen molar-refractivity contribution in [1.29, 1.82) is 0 Å². The first kappa shape index (κ1) is 23.2. The summed E-state index contributed by atoms with van der Waals surface area (Å²) in [5, 5.41) is 12.0. The molecule has 1 aromatic carbocycles. The van der Waals surface area contributed by atoms with Crippen LogP contribution in [0.5, 0.6) is 11.5 Å². The molecule has 2 unspecified atom stereocenters. The van der Waals surface area contributed by atoms with Gasteiger partial charge in [-0.25, -0.2) is 0 Å². The van der Waals surface area contributed by atoms with E-state index in [1.165, 1.54) is 11.3 Å². The molecule has 0 bridgehead atoms. The smallest absolute Gasteiger partial charge is 0.245 e. The number of amides is 2. The van der Waals surface area contributed by atoms with E-state index in [4.69, 9.17) is 14.2 Å². The van der Waals surface area contributed by atoms with Crippen LogP contribution < -0.4 is 14.8 Å². The lowest BCUT2D eigenvalue weighted by molar-refractivity contribution is -0.131. The molecule has 5 rings (SSSR count). The molecule has 11 heteroatoms. The number of carbonyl (C=O) groups is 2. The number of rotatable bonds is 8. The van der Waals surface area contributed by atoms with Crippen molar-refractivity contribution in [3.8, 4) is 22.1 Å². The molecular formula is C24H25N5O5S. The summed E-state index contributed by atoms with van der Waals surface area (Å²) in [5.74, 6) is 0.786. The molecule has 4 heterocycles. The van der Waals surface area contributed by atoms with Crippen LogP contribution in [0.1, 0.15) is 30.7 Å². The number of likely N-dealkylation sites (tertiary alicyclic amines) is 1. The van der Waals surface area contributed by atoms with E-state index in [0.717, 1.165) is 24.0 Å². The fourth-order valence-corrected chi connectivity index (χ4v) is 4.95. The zero-order chi connectivity index (χ0) is 24.2. The molecule has 2 amide bonds. The first-order chi connectivity index (χ1) is 17.1. The number of nitrogens with one attached hydrogen (secondary N) is 1. The standard InChI is InChI=1S/C24H25N5O5S/c1-32-18-5-4-16(11-19(18)34-22-3-2-10-33-22)17-12-21(31)29(13-17)14-20(30)26-24-28-27-23(35-24)15-6-8-25-9-7-15/h4-9,11,17,22H,2-3,10,12-14H2,1H3,(H,26,28,30). The van der Waals surface area contributed by atoms with Crippen LogP contribution in [0.15, 0.2) is 42.7 Å².